The van der Waals surface area contributed by atoms with Gasteiger partial charge in [0.15, 0.2) is 0 Å². The molecule has 2 heterocycles. The third kappa shape index (κ3) is 2.22. The highest BCUT2D eigenvalue weighted by molar-refractivity contribution is 5.94. The average molecular weight is 301 g/mol. The van der Waals surface area contributed by atoms with Crippen molar-refractivity contribution >= 4 is 18.0 Å². The summed E-state index contributed by atoms with van der Waals surface area (Å²) in [5.41, 5.74) is 1.12. The van der Waals surface area contributed by atoms with Crippen molar-refractivity contribution in [3.63, 3.8) is 0 Å². The molecule has 0 bridgehead atoms. The van der Waals surface area contributed by atoms with Crippen molar-refractivity contribution in [2.24, 2.45) is 0 Å². The summed E-state index contributed by atoms with van der Waals surface area (Å²) in [5.74, 6) is 0. The molecule has 2 aromatic rings. The first-order valence-electron chi connectivity index (χ1n) is 7.01. The predicted molar refractivity (Wildman–Crippen MR) is 77.8 cm³/mol. The third-order valence-corrected chi connectivity index (χ3v) is 3.80. The lowest BCUT2D eigenvalue weighted by Gasteiger charge is -2.34. The Morgan fingerprint density at radius 2 is 2.14 bits per heavy atom. The lowest BCUT2D eigenvalue weighted by Crippen LogP contribution is -2.47. The van der Waals surface area contributed by atoms with Gasteiger partial charge < -0.3 is 4.79 Å². The summed E-state index contributed by atoms with van der Waals surface area (Å²) < 4.78 is 1.55. The number of hydrogen-bond donors (Lipinski definition) is 0. The van der Waals surface area contributed by atoms with E-state index in [1.54, 1.807) is 4.90 Å². The van der Waals surface area contributed by atoms with Crippen LogP contribution >= 0.6 is 0 Å². The second kappa shape index (κ2) is 5.55. The number of aldehydes is 1. The number of aromatic nitrogens is 4. The van der Waals surface area contributed by atoms with Gasteiger partial charge in [0.2, 0.25) is 0 Å². The normalized spacial score (nSPS) is 17.1. The monoisotopic (exact) mass is 301 g/mol. The van der Waals surface area contributed by atoms with E-state index < -0.39 is 11.7 Å². The van der Waals surface area contributed by atoms with Crippen LogP contribution in [0.25, 0.3) is 0 Å². The van der Waals surface area contributed by atoms with Gasteiger partial charge in [0.25, 0.3) is 0 Å². The number of benzene rings is 1. The van der Waals surface area contributed by atoms with Gasteiger partial charge in [-0.05, 0) is 41.8 Å². The van der Waals surface area contributed by atoms with Gasteiger partial charge in [-0.1, -0.05) is 18.2 Å². The Labute approximate surface area is 125 Å². The van der Waals surface area contributed by atoms with Crippen molar-refractivity contribution in [2.75, 3.05) is 4.90 Å². The molecule has 0 N–H and O–H groups in total. The van der Waals surface area contributed by atoms with Crippen molar-refractivity contribution in [1.82, 2.24) is 19.8 Å². The van der Waals surface area contributed by atoms with E-state index in [1.807, 2.05) is 31.2 Å². The van der Waals surface area contributed by atoms with E-state index in [-0.39, 0.29) is 12.6 Å². The number of aryl methyl sites for hydroxylation is 1. The molecule has 8 nitrogen and oxygen atoms in total. The molecule has 8 heteroatoms. The van der Waals surface area contributed by atoms with Gasteiger partial charge >= 0.3 is 11.7 Å². The number of nitrogens with zero attached hydrogens (tertiary/aromatic N) is 5. The molecular formula is C14H15N5O3. The molecule has 114 valence electrons. The van der Waals surface area contributed by atoms with Crippen molar-refractivity contribution < 1.29 is 9.59 Å². The Kier molecular flexibility index (Phi) is 3.58. The summed E-state index contributed by atoms with van der Waals surface area (Å²) in [6.07, 6.45) is 2.22. The molecule has 0 saturated carbocycles. The van der Waals surface area contributed by atoms with Crippen LogP contribution in [0.2, 0.25) is 0 Å². The lowest BCUT2D eigenvalue weighted by atomic mass is 9.97. The van der Waals surface area contributed by atoms with E-state index in [0.29, 0.717) is 11.0 Å². The number of hydrogen-bond acceptors (Lipinski definition) is 5. The Balaban J connectivity index is 2.02. The number of tetrazole rings is 1. The van der Waals surface area contributed by atoms with Gasteiger partial charge in [-0.15, -0.1) is 4.68 Å². The van der Waals surface area contributed by atoms with E-state index in [4.69, 9.17) is 0 Å². The number of fused-ring (bicyclic) bond motifs is 1. The zero-order valence-corrected chi connectivity index (χ0v) is 12.0. The highest BCUT2D eigenvalue weighted by atomic mass is 16.2. The van der Waals surface area contributed by atoms with Gasteiger partial charge in [0, 0.05) is 11.7 Å². The topological polar surface area (TPSA) is 90.1 Å². The number of carbonyl (C=O) groups excluding carboxylic acids is 2. The van der Waals surface area contributed by atoms with Crippen LogP contribution < -0.4 is 10.6 Å². The van der Waals surface area contributed by atoms with Gasteiger partial charge in [-0.25, -0.2) is 9.59 Å². The van der Waals surface area contributed by atoms with Crippen LogP contribution in [0.1, 0.15) is 18.9 Å². The summed E-state index contributed by atoms with van der Waals surface area (Å²) in [4.78, 5) is 36.8. The summed E-state index contributed by atoms with van der Waals surface area (Å²) in [6.45, 7) is 1.70. The highest BCUT2D eigenvalue weighted by Gasteiger charge is 2.31. The molecule has 1 aromatic heterocycles. The fourth-order valence-corrected chi connectivity index (χ4v) is 2.66. The van der Waals surface area contributed by atoms with Crippen molar-refractivity contribution in [1.29, 1.82) is 0 Å². The minimum atomic E-state index is -0.715. The zero-order valence-electron chi connectivity index (χ0n) is 12.0. The fraction of sp³-hybridized carbons (Fsp3) is 0.357. The molecule has 1 aliphatic rings. The van der Waals surface area contributed by atoms with Crippen LogP contribution in [0.5, 0.6) is 0 Å². The summed E-state index contributed by atoms with van der Waals surface area (Å²) >= 11 is 0. The molecule has 0 fully saturated rings. The molecule has 0 radical (unpaired) electrons. The van der Waals surface area contributed by atoms with E-state index >= 15 is 0 Å². The summed E-state index contributed by atoms with van der Waals surface area (Å²) in [6, 6.07) is 6.98. The first-order chi connectivity index (χ1) is 10.6. The lowest BCUT2D eigenvalue weighted by molar-refractivity contribution is -0.108. The molecule has 0 saturated heterocycles. The van der Waals surface area contributed by atoms with Crippen LogP contribution in [0, 0.1) is 0 Å². The van der Waals surface area contributed by atoms with Crippen LogP contribution in [-0.2, 0) is 17.8 Å². The first kappa shape index (κ1) is 14.2. The van der Waals surface area contributed by atoms with Gasteiger partial charge in [0.1, 0.15) is 12.8 Å². The number of para-hydroxylation sites is 1. The number of rotatable bonds is 2. The standard InChI is InChI=1S/C14H15N5O3/c1-10-6-7-11-4-2-3-5-12(11)18(10)14(22)19-13(21)17(8-9-20)15-16-19/h2-5,9-10H,6-8H2,1H3. The van der Waals surface area contributed by atoms with Crippen LogP contribution in [0.3, 0.4) is 0 Å². The van der Waals surface area contributed by atoms with E-state index in [2.05, 4.69) is 10.4 Å². The van der Waals surface area contributed by atoms with Gasteiger partial charge in [0.05, 0.1) is 0 Å². The predicted octanol–water partition coefficient (Wildman–Crippen LogP) is 0.448. The maximum absolute atomic E-state index is 12.7. The average Bonchev–Trinajstić information content (AvgIpc) is 2.88. The SMILES string of the molecule is CC1CCc2ccccc2N1C(=O)n1nnn(CC=O)c1=O. The molecule has 3 rings (SSSR count). The number of carbonyl (C=O) groups is 2. The second-order valence-corrected chi connectivity index (χ2v) is 5.19. The Morgan fingerprint density at radius 1 is 1.36 bits per heavy atom. The van der Waals surface area contributed by atoms with Crippen LogP contribution in [0.15, 0.2) is 29.1 Å². The maximum atomic E-state index is 12.7. The van der Waals surface area contributed by atoms with Crippen molar-refractivity contribution in [3.8, 4) is 0 Å². The molecule has 0 aliphatic carbocycles. The molecule has 1 atom stereocenters. The number of anilines is 1. The maximum Gasteiger partial charge on any atom is 0.372 e. The van der Waals surface area contributed by atoms with Crippen LogP contribution in [0.4, 0.5) is 10.5 Å². The molecule has 1 amide bonds. The Hall–Kier alpha value is -2.77. The van der Waals surface area contributed by atoms with Crippen LogP contribution in [-0.4, -0.2) is 38.1 Å². The number of amides is 1. The molecule has 1 aliphatic heterocycles. The Morgan fingerprint density at radius 3 is 2.91 bits per heavy atom. The zero-order chi connectivity index (χ0) is 15.7. The third-order valence-electron chi connectivity index (χ3n) is 3.80. The van der Waals surface area contributed by atoms with E-state index in [1.165, 1.54) is 0 Å². The van der Waals surface area contributed by atoms with Crippen molar-refractivity contribution in [3.05, 3.63) is 40.3 Å². The molecule has 0 spiro atoms. The summed E-state index contributed by atoms with van der Waals surface area (Å²) in [5, 5.41) is 7.12. The highest BCUT2D eigenvalue weighted by Crippen LogP contribution is 2.30. The van der Waals surface area contributed by atoms with E-state index in [0.717, 1.165) is 28.8 Å². The van der Waals surface area contributed by atoms with Crippen molar-refractivity contribution in [2.45, 2.75) is 32.4 Å². The molecule has 1 unspecified atom stereocenters. The minimum absolute atomic E-state index is 0.0504. The van der Waals surface area contributed by atoms with Gasteiger partial charge in [-0.2, -0.15) is 4.68 Å². The minimum Gasteiger partial charge on any atom is -0.301 e. The molecular weight excluding hydrogens is 286 g/mol. The first-order valence-corrected chi connectivity index (χ1v) is 7.01. The molecule has 1 aromatic carbocycles. The largest absolute Gasteiger partial charge is 0.372 e. The quantitative estimate of drug-likeness (QED) is 0.593. The second-order valence-electron chi connectivity index (χ2n) is 5.19. The fourth-order valence-electron chi connectivity index (χ4n) is 2.66. The van der Waals surface area contributed by atoms with Gasteiger partial charge in [-0.3, -0.25) is 4.90 Å². The Bertz CT molecular complexity index is 779. The molecule has 22 heavy (non-hydrogen) atoms. The summed E-state index contributed by atoms with van der Waals surface area (Å²) in [7, 11) is 0. The van der Waals surface area contributed by atoms with E-state index in [9.17, 15) is 14.4 Å². The smallest absolute Gasteiger partial charge is 0.301 e.